The number of likely N-dealkylation sites (tertiary alicyclic amines) is 1. The van der Waals surface area contributed by atoms with Crippen molar-refractivity contribution in [2.45, 2.75) is 24.9 Å². The molecule has 114 valence electrons. The first-order valence-electron chi connectivity index (χ1n) is 6.40. The Balaban J connectivity index is 2.13. The Bertz CT molecular complexity index is 596. The van der Waals surface area contributed by atoms with E-state index < -0.39 is 24.1 Å². The van der Waals surface area contributed by atoms with Crippen molar-refractivity contribution in [1.82, 2.24) is 4.90 Å². The number of halogens is 3. The molecule has 2 atom stereocenters. The van der Waals surface area contributed by atoms with Gasteiger partial charge in [-0.1, -0.05) is 29.3 Å². The SMILES string of the molecule is CC(C(=O)N1CCC(F)(C(=O)O)C1)c1ccc(Cl)c(Cl)c1. The molecule has 1 aliphatic heterocycles. The molecule has 2 rings (SSSR count). The first-order valence-corrected chi connectivity index (χ1v) is 7.16. The number of carboxylic acid groups (broad SMARTS) is 1. The second-order valence-corrected chi connectivity index (χ2v) is 5.99. The second kappa shape index (κ2) is 5.81. The van der Waals surface area contributed by atoms with Crippen LogP contribution in [-0.4, -0.2) is 40.6 Å². The van der Waals surface area contributed by atoms with Gasteiger partial charge in [0, 0.05) is 13.0 Å². The van der Waals surface area contributed by atoms with Gasteiger partial charge >= 0.3 is 5.97 Å². The zero-order valence-electron chi connectivity index (χ0n) is 11.3. The number of amides is 1. The van der Waals surface area contributed by atoms with Crippen LogP contribution < -0.4 is 0 Å². The van der Waals surface area contributed by atoms with Crippen LogP contribution in [0.1, 0.15) is 24.8 Å². The van der Waals surface area contributed by atoms with Gasteiger partial charge in [-0.3, -0.25) is 4.79 Å². The highest BCUT2D eigenvalue weighted by atomic mass is 35.5. The third-order valence-electron chi connectivity index (χ3n) is 3.73. The first-order chi connectivity index (χ1) is 9.74. The van der Waals surface area contributed by atoms with E-state index in [2.05, 4.69) is 0 Å². The number of benzene rings is 1. The number of carbonyl (C=O) groups excluding carboxylic acids is 1. The fraction of sp³-hybridized carbons (Fsp3) is 0.429. The third kappa shape index (κ3) is 3.14. The summed E-state index contributed by atoms with van der Waals surface area (Å²) in [4.78, 5) is 24.4. The molecule has 0 radical (unpaired) electrons. The molecule has 0 saturated carbocycles. The van der Waals surface area contributed by atoms with Crippen molar-refractivity contribution in [1.29, 1.82) is 0 Å². The van der Waals surface area contributed by atoms with Crippen molar-refractivity contribution in [3.8, 4) is 0 Å². The first kappa shape index (κ1) is 16.0. The third-order valence-corrected chi connectivity index (χ3v) is 4.47. The van der Waals surface area contributed by atoms with E-state index in [-0.39, 0.29) is 18.9 Å². The lowest BCUT2D eigenvalue weighted by molar-refractivity contribution is -0.150. The van der Waals surface area contributed by atoms with Crippen molar-refractivity contribution in [3.05, 3.63) is 33.8 Å². The normalized spacial score (nSPS) is 23.1. The van der Waals surface area contributed by atoms with Gasteiger partial charge in [0.15, 0.2) is 0 Å². The van der Waals surface area contributed by atoms with E-state index in [0.717, 1.165) is 0 Å². The summed E-state index contributed by atoms with van der Waals surface area (Å²) in [5.74, 6) is -2.40. The van der Waals surface area contributed by atoms with Gasteiger partial charge < -0.3 is 10.0 Å². The molecule has 1 aromatic rings. The van der Waals surface area contributed by atoms with Crippen molar-refractivity contribution in [2.24, 2.45) is 0 Å². The minimum atomic E-state index is -2.35. The number of carbonyl (C=O) groups is 2. The monoisotopic (exact) mass is 333 g/mol. The molecule has 0 aliphatic carbocycles. The smallest absolute Gasteiger partial charge is 0.343 e. The Kier molecular flexibility index (Phi) is 4.44. The molecule has 7 heteroatoms. The van der Waals surface area contributed by atoms with E-state index in [1.54, 1.807) is 25.1 Å². The van der Waals surface area contributed by atoms with Crippen LogP contribution in [0.25, 0.3) is 0 Å². The summed E-state index contributed by atoms with van der Waals surface area (Å²) in [5.41, 5.74) is -1.70. The Labute approximate surface area is 131 Å². The Morgan fingerprint density at radius 3 is 2.57 bits per heavy atom. The molecular weight excluding hydrogens is 320 g/mol. The predicted molar refractivity (Wildman–Crippen MR) is 77.5 cm³/mol. The van der Waals surface area contributed by atoms with Crippen molar-refractivity contribution < 1.29 is 19.1 Å². The van der Waals surface area contributed by atoms with E-state index in [1.165, 1.54) is 4.90 Å². The number of alkyl halides is 1. The average Bonchev–Trinajstić information content (AvgIpc) is 2.84. The van der Waals surface area contributed by atoms with Crippen LogP contribution >= 0.6 is 23.2 Å². The molecule has 1 heterocycles. The van der Waals surface area contributed by atoms with Crippen LogP contribution in [0.3, 0.4) is 0 Å². The number of aliphatic carboxylic acids is 1. The Hall–Kier alpha value is -1.33. The lowest BCUT2D eigenvalue weighted by atomic mass is 10.00. The molecule has 0 spiro atoms. The molecule has 4 nitrogen and oxygen atoms in total. The van der Waals surface area contributed by atoms with Crippen molar-refractivity contribution in [2.75, 3.05) is 13.1 Å². The van der Waals surface area contributed by atoms with E-state index in [4.69, 9.17) is 28.3 Å². The highest BCUT2D eigenvalue weighted by Gasteiger charge is 2.47. The van der Waals surface area contributed by atoms with Gasteiger partial charge in [0.25, 0.3) is 0 Å². The van der Waals surface area contributed by atoms with Crippen molar-refractivity contribution >= 4 is 35.1 Å². The van der Waals surface area contributed by atoms with Crippen LogP contribution in [0.2, 0.25) is 10.0 Å². The molecule has 1 aliphatic rings. The zero-order chi connectivity index (χ0) is 15.8. The van der Waals surface area contributed by atoms with Gasteiger partial charge in [-0.15, -0.1) is 0 Å². The number of carboxylic acids is 1. The molecule has 1 N–H and O–H groups in total. The molecule has 1 saturated heterocycles. The molecule has 1 amide bonds. The molecule has 0 bridgehead atoms. The number of hydrogen-bond donors (Lipinski definition) is 1. The molecule has 2 unspecified atom stereocenters. The summed E-state index contributed by atoms with van der Waals surface area (Å²) < 4.78 is 14.0. The molecule has 1 fully saturated rings. The maximum Gasteiger partial charge on any atom is 0.343 e. The largest absolute Gasteiger partial charge is 0.479 e. The Morgan fingerprint density at radius 1 is 1.38 bits per heavy atom. The molecular formula is C14H14Cl2FNO3. The topological polar surface area (TPSA) is 57.6 Å². The van der Waals surface area contributed by atoms with E-state index >= 15 is 0 Å². The minimum Gasteiger partial charge on any atom is -0.479 e. The van der Waals surface area contributed by atoms with Crippen LogP contribution in [-0.2, 0) is 9.59 Å². The van der Waals surface area contributed by atoms with Gasteiger partial charge in [0.2, 0.25) is 11.6 Å². The number of nitrogens with zero attached hydrogens (tertiary/aromatic N) is 1. The van der Waals surface area contributed by atoms with E-state index in [9.17, 15) is 14.0 Å². The van der Waals surface area contributed by atoms with Gasteiger partial charge in [-0.2, -0.15) is 0 Å². The number of hydrogen-bond acceptors (Lipinski definition) is 2. The highest BCUT2D eigenvalue weighted by Crippen LogP contribution is 2.31. The van der Waals surface area contributed by atoms with Crippen LogP contribution in [0.15, 0.2) is 18.2 Å². The summed E-state index contributed by atoms with van der Waals surface area (Å²) in [5, 5.41) is 9.57. The summed E-state index contributed by atoms with van der Waals surface area (Å²) in [6.07, 6.45) is -0.192. The average molecular weight is 334 g/mol. The van der Waals surface area contributed by atoms with Crippen molar-refractivity contribution in [3.63, 3.8) is 0 Å². The highest BCUT2D eigenvalue weighted by molar-refractivity contribution is 6.42. The summed E-state index contributed by atoms with van der Waals surface area (Å²) in [6.45, 7) is 1.33. The summed E-state index contributed by atoms with van der Waals surface area (Å²) >= 11 is 11.7. The minimum absolute atomic E-state index is 0.0906. The van der Waals surface area contributed by atoms with Gasteiger partial charge in [0.05, 0.1) is 22.5 Å². The van der Waals surface area contributed by atoms with Gasteiger partial charge in [-0.25, -0.2) is 9.18 Å². The number of rotatable bonds is 3. The zero-order valence-corrected chi connectivity index (χ0v) is 12.8. The maximum absolute atomic E-state index is 14.0. The quantitative estimate of drug-likeness (QED) is 0.924. The summed E-state index contributed by atoms with van der Waals surface area (Å²) in [6, 6.07) is 4.85. The second-order valence-electron chi connectivity index (χ2n) is 5.18. The lowest BCUT2D eigenvalue weighted by Gasteiger charge is -2.22. The van der Waals surface area contributed by atoms with E-state index in [0.29, 0.717) is 15.6 Å². The van der Waals surface area contributed by atoms with Crippen LogP contribution in [0.5, 0.6) is 0 Å². The molecule has 1 aromatic carbocycles. The summed E-state index contributed by atoms with van der Waals surface area (Å²) in [7, 11) is 0. The fourth-order valence-electron chi connectivity index (χ4n) is 2.33. The Morgan fingerprint density at radius 2 is 2.05 bits per heavy atom. The predicted octanol–water partition coefficient (Wildman–Crippen LogP) is 3.12. The van der Waals surface area contributed by atoms with Crippen LogP contribution in [0, 0.1) is 0 Å². The molecule has 21 heavy (non-hydrogen) atoms. The maximum atomic E-state index is 14.0. The fourth-order valence-corrected chi connectivity index (χ4v) is 2.64. The lowest BCUT2D eigenvalue weighted by Crippen LogP contribution is -2.40. The van der Waals surface area contributed by atoms with Crippen LogP contribution in [0.4, 0.5) is 4.39 Å². The van der Waals surface area contributed by atoms with Gasteiger partial charge in [-0.05, 0) is 24.6 Å². The standard InChI is InChI=1S/C14H14Cl2FNO3/c1-8(9-2-3-10(15)11(16)6-9)12(19)18-5-4-14(17,7-18)13(20)21/h2-3,6,8H,4-5,7H2,1H3,(H,20,21). The molecule has 0 aromatic heterocycles. The van der Waals surface area contributed by atoms with Gasteiger partial charge in [0.1, 0.15) is 0 Å². The van der Waals surface area contributed by atoms with E-state index in [1.807, 2.05) is 0 Å².